The lowest BCUT2D eigenvalue weighted by atomic mass is 10.3. The van der Waals surface area contributed by atoms with Gasteiger partial charge in [-0.3, -0.25) is 9.59 Å². The van der Waals surface area contributed by atoms with Crippen molar-refractivity contribution in [2.24, 2.45) is 0 Å². The van der Waals surface area contributed by atoms with Crippen LogP contribution in [0.2, 0.25) is 10.0 Å². The topological polar surface area (TPSA) is 49.4 Å². The molecule has 8 heteroatoms. The molecule has 2 rings (SSSR count). The van der Waals surface area contributed by atoms with Crippen LogP contribution in [0.5, 0.6) is 0 Å². The Labute approximate surface area is 159 Å². The molecule has 0 aliphatic carbocycles. The highest BCUT2D eigenvalue weighted by molar-refractivity contribution is 8.00. The lowest BCUT2D eigenvalue weighted by molar-refractivity contribution is -0.131. The van der Waals surface area contributed by atoms with Gasteiger partial charge in [0, 0.05) is 17.6 Å². The van der Waals surface area contributed by atoms with Gasteiger partial charge in [-0.25, -0.2) is 4.39 Å². The predicted molar refractivity (Wildman–Crippen MR) is 99.9 cm³/mol. The van der Waals surface area contributed by atoms with Crippen LogP contribution in [0.4, 0.5) is 10.1 Å². The largest absolute Gasteiger partial charge is 0.336 e. The molecule has 0 bridgehead atoms. The fourth-order valence-electron chi connectivity index (χ4n) is 1.90. The molecule has 25 heavy (non-hydrogen) atoms. The van der Waals surface area contributed by atoms with E-state index in [1.165, 1.54) is 48.0 Å². The second-order valence-corrected chi connectivity index (χ2v) is 6.94. The van der Waals surface area contributed by atoms with E-state index in [9.17, 15) is 14.0 Å². The zero-order valence-corrected chi connectivity index (χ0v) is 15.6. The summed E-state index contributed by atoms with van der Waals surface area (Å²) < 4.78 is 12.8. The summed E-state index contributed by atoms with van der Waals surface area (Å²) in [5, 5.41) is 3.55. The Kier molecular flexibility index (Phi) is 7.11. The van der Waals surface area contributed by atoms with Gasteiger partial charge in [0.15, 0.2) is 0 Å². The number of halogens is 3. The van der Waals surface area contributed by atoms with E-state index < -0.39 is 0 Å². The highest BCUT2D eigenvalue weighted by Gasteiger charge is 2.15. The number of benzene rings is 2. The summed E-state index contributed by atoms with van der Waals surface area (Å²) in [6.07, 6.45) is 0. The van der Waals surface area contributed by atoms with Crippen molar-refractivity contribution in [3.8, 4) is 0 Å². The van der Waals surface area contributed by atoms with Gasteiger partial charge < -0.3 is 10.2 Å². The number of hydrogen-bond acceptors (Lipinski definition) is 3. The molecule has 2 aromatic carbocycles. The normalized spacial score (nSPS) is 10.4. The van der Waals surface area contributed by atoms with Crippen LogP contribution in [-0.2, 0) is 9.59 Å². The third-order valence-corrected chi connectivity index (χ3v) is 5.17. The Morgan fingerprint density at radius 3 is 2.32 bits per heavy atom. The van der Waals surface area contributed by atoms with E-state index in [2.05, 4.69) is 5.32 Å². The number of carbonyl (C=O) groups excluding carboxylic acids is 2. The van der Waals surface area contributed by atoms with Gasteiger partial charge in [-0.15, -0.1) is 11.8 Å². The molecule has 132 valence electrons. The summed E-state index contributed by atoms with van der Waals surface area (Å²) in [6.45, 7) is -0.118. The van der Waals surface area contributed by atoms with Crippen LogP contribution in [-0.4, -0.2) is 36.1 Å². The Morgan fingerprint density at radius 2 is 1.72 bits per heavy atom. The zero-order chi connectivity index (χ0) is 18.4. The highest BCUT2D eigenvalue weighted by atomic mass is 35.5. The molecule has 0 atom stereocenters. The molecule has 0 fully saturated rings. The third kappa shape index (κ3) is 5.92. The van der Waals surface area contributed by atoms with Gasteiger partial charge in [0.2, 0.25) is 11.8 Å². The molecule has 0 radical (unpaired) electrons. The minimum absolute atomic E-state index is 0.101. The molecule has 2 aromatic rings. The lowest BCUT2D eigenvalue weighted by Crippen LogP contribution is -2.35. The number of hydrogen-bond donors (Lipinski definition) is 1. The van der Waals surface area contributed by atoms with Crippen molar-refractivity contribution in [1.82, 2.24) is 4.90 Å². The average Bonchev–Trinajstić information content (AvgIpc) is 2.56. The van der Waals surface area contributed by atoms with Crippen LogP contribution in [0.3, 0.4) is 0 Å². The van der Waals surface area contributed by atoms with Crippen molar-refractivity contribution in [1.29, 1.82) is 0 Å². The van der Waals surface area contributed by atoms with Gasteiger partial charge in [-0.1, -0.05) is 29.3 Å². The second-order valence-electron chi connectivity index (χ2n) is 5.14. The Bertz CT molecular complexity index is 751. The predicted octanol–water partition coefficient (Wildman–Crippen LogP) is 4.32. The number of nitrogens with one attached hydrogen (secondary N) is 1. The first-order valence-corrected chi connectivity index (χ1v) is 8.97. The summed E-state index contributed by atoms with van der Waals surface area (Å²) in [5.41, 5.74) is 0.462. The van der Waals surface area contributed by atoms with E-state index in [1.54, 1.807) is 18.2 Å². The van der Waals surface area contributed by atoms with Crippen molar-refractivity contribution in [2.45, 2.75) is 4.90 Å². The first-order chi connectivity index (χ1) is 11.9. The molecule has 0 spiro atoms. The molecular weight excluding hydrogens is 386 g/mol. The van der Waals surface area contributed by atoms with E-state index in [-0.39, 0.29) is 29.9 Å². The molecule has 0 unspecified atom stereocenters. The number of likely N-dealkylation sites (N-methyl/N-ethyl adjacent to an activating group) is 1. The van der Waals surface area contributed by atoms with E-state index >= 15 is 0 Å². The molecular formula is C17H15Cl2FN2O2S. The zero-order valence-electron chi connectivity index (χ0n) is 13.3. The average molecular weight is 401 g/mol. The number of carbonyl (C=O) groups is 2. The Morgan fingerprint density at radius 1 is 1.12 bits per heavy atom. The molecule has 2 amide bonds. The molecule has 0 saturated carbocycles. The molecule has 0 aliphatic heterocycles. The molecule has 0 aromatic heterocycles. The smallest absolute Gasteiger partial charge is 0.243 e. The maximum atomic E-state index is 12.8. The van der Waals surface area contributed by atoms with Gasteiger partial charge in [-0.05, 0) is 36.4 Å². The van der Waals surface area contributed by atoms with Gasteiger partial charge in [0.1, 0.15) is 5.82 Å². The summed E-state index contributed by atoms with van der Waals surface area (Å²) in [7, 11) is 1.53. The fourth-order valence-corrected chi connectivity index (χ4v) is 3.53. The first-order valence-electron chi connectivity index (χ1n) is 7.23. The van der Waals surface area contributed by atoms with Crippen LogP contribution in [0.25, 0.3) is 0 Å². The summed E-state index contributed by atoms with van der Waals surface area (Å²) >= 11 is 13.3. The van der Waals surface area contributed by atoms with Crippen LogP contribution in [0, 0.1) is 5.82 Å². The van der Waals surface area contributed by atoms with E-state index in [4.69, 9.17) is 23.2 Å². The van der Waals surface area contributed by atoms with E-state index in [1.807, 2.05) is 0 Å². The van der Waals surface area contributed by atoms with Crippen LogP contribution in [0.1, 0.15) is 0 Å². The maximum absolute atomic E-state index is 12.8. The van der Waals surface area contributed by atoms with Gasteiger partial charge in [0.25, 0.3) is 0 Å². The third-order valence-electron chi connectivity index (χ3n) is 3.19. The Hall–Kier alpha value is -1.76. The molecule has 0 aliphatic rings. The van der Waals surface area contributed by atoms with Crippen molar-refractivity contribution < 1.29 is 14.0 Å². The van der Waals surface area contributed by atoms with Crippen LogP contribution < -0.4 is 5.32 Å². The van der Waals surface area contributed by atoms with Gasteiger partial charge in [-0.2, -0.15) is 0 Å². The van der Waals surface area contributed by atoms with E-state index in [0.29, 0.717) is 20.6 Å². The molecule has 1 N–H and O–H groups in total. The monoisotopic (exact) mass is 400 g/mol. The number of anilines is 1. The van der Waals surface area contributed by atoms with Gasteiger partial charge >= 0.3 is 0 Å². The van der Waals surface area contributed by atoms with E-state index in [0.717, 1.165) is 0 Å². The van der Waals surface area contributed by atoms with Crippen molar-refractivity contribution in [2.75, 3.05) is 24.7 Å². The highest BCUT2D eigenvalue weighted by Crippen LogP contribution is 2.33. The lowest BCUT2D eigenvalue weighted by Gasteiger charge is -2.17. The van der Waals surface area contributed by atoms with Gasteiger partial charge in [0.05, 0.1) is 22.3 Å². The second kappa shape index (κ2) is 9.08. The SMILES string of the molecule is CN(CC(=O)Nc1ccc(F)cc1)C(=O)CSc1c(Cl)cccc1Cl. The van der Waals surface area contributed by atoms with Crippen molar-refractivity contribution in [3.05, 3.63) is 58.3 Å². The minimum Gasteiger partial charge on any atom is -0.336 e. The molecule has 4 nitrogen and oxygen atoms in total. The van der Waals surface area contributed by atoms with Crippen molar-refractivity contribution >= 4 is 52.5 Å². The standard InChI is InChI=1S/C17H15Cl2FN2O2S/c1-22(9-15(23)21-12-7-5-11(20)6-8-12)16(24)10-25-17-13(18)3-2-4-14(17)19/h2-8H,9-10H2,1H3,(H,21,23). The molecule has 0 saturated heterocycles. The number of nitrogens with zero attached hydrogens (tertiary/aromatic N) is 1. The summed E-state index contributed by atoms with van der Waals surface area (Å²) in [6, 6.07) is 10.5. The minimum atomic E-state index is -0.388. The first kappa shape index (κ1) is 19.6. The number of amides is 2. The Balaban J connectivity index is 1.85. The summed E-state index contributed by atoms with van der Waals surface area (Å²) in [5.74, 6) is -0.900. The number of thioether (sulfide) groups is 1. The van der Waals surface area contributed by atoms with Crippen molar-refractivity contribution in [3.63, 3.8) is 0 Å². The number of rotatable bonds is 6. The molecule has 0 heterocycles. The van der Waals surface area contributed by atoms with Crippen LogP contribution in [0.15, 0.2) is 47.4 Å². The quantitative estimate of drug-likeness (QED) is 0.734. The maximum Gasteiger partial charge on any atom is 0.243 e. The summed E-state index contributed by atoms with van der Waals surface area (Å²) in [4.78, 5) is 26.0. The van der Waals surface area contributed by atoms with Crippen LogP contribution >= 0.6 is 35.0 Å². The fraction of sp³-hybridized carbons (Fsp3) is 0.176.